The summed E-state index contributed by atoms with van der Waals surface area (Å²) >= 11 is 0. The third-order valence-electron chi connectivity index (χ3n) is 3.79. The fourth-order valence-corrected chi connectivity index (χ4v) is 2.66. The number of nitrogens with zero attached hydrogens (tertiary/aromatic N) is 2. The minimum atomic E-state index is -0.759. The topological polar surface area (TPSA) is 82.8 Å². The molecule has 0 aromatic heterocycles. The van der Waals surface area contributed by atoms with Gasteiger partial charge >= 0.3 is 0 Å². The smallest absolute Gasteiger partial charge is 0.256 e. The monoisotopic (exact) mass is 290 g/mol. The molecule has 0 spiro atoms. The van der Waals surface area contributed by atoms with Crippen LogP contribution in [0, 0.1) is 11.3 Å². The van der Waals surface area contributed by atoms with Crippen LogP contribution in [0.2, 0.25) is 0 Å². The summed E-state index contributed by atoms with van der Waals surface area (Å²) in [5, 5.41) is 18.9. The number of aliphatic hydroxyl groups is 1. The van der Waals surface area contributed by atoms with E-state index in [1.807, 2.05) is 6.92 Å². The van der Waals surface area contributed by atoms with Crippen LogP contribution in [0.15, 0.2) is 12.1 Å². The van der Waals surface area contributed by atoms with Gasteiger partial charge in [0.1, 0.15) is 17.5 Å². The molecular weight excluding hydrogens is 272 g/mol. The first kappa shape index (κ1) is 15.1. The van der Waals surface area contributed by atoms with Crippen molar-refractivity contribution in [2.24, 2.45) is 0 Å². The lowest BCUT2D eigenvalue weighted by atomic mass is 10.0. The van der Waals surface area contributed by atoms with Crippen LogP contribution in [-0.2, 0) is 0 Å². The van der Waals surface area contributed by atoms with Gasteiger partial charge in [-0.15, -0.1) is 0 Å². The van der Waals surface area contributed by atoms with Crippen molar-refractivity contribution in [2.45, 2.75) is 25.4 Å². The molecule has 1 N–H and O–H groups in total. The molecule has 1 aromatic carbocycles. The Morgan fingerprint density at radius 2 is 2.14 bits per heavy atom. The van der Waals surface area contributed by atoms with Crippen LogP contribution in [0.1, 0.15) is 35.3 Å². The van der Waals surface area contributed by atoms with Gasteiger partial charge in [0, 0.05) is 11.6 Å². The Bertz CT molecular complexity index is 590. The van der Waals surface area contributed by atoms with Crippen molar-refractivity contribution in [1.29, 1.82) is 5.26 Å². The van der Waals surface area contributed by atoms with Crippen LogP contribution in [0.4, 0.5) is 0 Å². The highest BCUT2D eigenvalue weighted by atomic mass is 16.5. The second-order valence-corrected chi connectivity index (χ2v) is 4.78. The van der Waals surface area contributed by atoms with E-state index >= 15 is 0 Å². The predicted octanol–water partition coefficient (Wildman–Crippen LogP) is 1.50. The number of aliphatic hydroxyl groups excluding tert-OH is 1. The molecule has 0 saturated heterocycles. The molecule has 0 saturated carbocycles. The number of ether oxygens (including phenoxy) is 2. The Morgan fingerprint density at radius 1 is 1.43 bits per heavy atom. The maximum absolute atomic E-state index is 12.6. The minimum Gasteiger partial charge on any atom is -0.497 e. The summed E-state index contributed by atoms with van der Waals surface area (Å²) < 4.78 is 10.5. The normalized spacial score (nSPS) is 18.1. The van der Waals surface area contributed by atoms with Gasteiger partial charge in [0.05, 0.1) is 38.5 Å². The summed E-state index contributed by atoms with van der Waals surface area (Å²) in [5.74, 6) is 0.656. The quantitative estimate of drug-likeness (QED) is 0.888. The van der Waals surface area contributed by atoms with Crippen LogP contribution in [-0.4, -0.2) is 42.8 Å². The van der Waals surface area contributed by atoms with Crippen LogP contribution in [0.3, 0.4) is 0 Å². The molecule has 2 rings (SSSR count). The highest BCUT2D eigenvalue weighted by Crippen LogP contribution is 2.43. The number of hydrogen-bond donors (Lipinski definition) is 1. The molecule has 0 radical (unpaired) electrons. The summed E-state index contributed by atoms with van der Waals surface area (Å²) in [7, 11) is 2.99. The number of fused-ring (bicyclic) bond motifs is 1. The van der Waals surface area contributed by atoms with Gasteiger partial charge in [-0.2, -0.15) is 5.26 Å². The first-order chi connectivity index (χ1) is 10.1. The van der Waals surface area contributed by atoms with Gasteiger partial charge in [-0.05, 0) is 12.5 Å². The minimum absolute atomic E-state index is 0.187. The van der Waals surface area contributed by atoms with Gasteiger partial charge < -0.3 is 19.5 Å². The van der Waals surface area contributed by atoms with Gasteiger partial charge in [-0.3, -0.25) is 4.79 Å². The number of rotatable bonds is 5. The summed E-state index contributed by atoms with van der Waals surface area (Å²) in [6.45, 7) is 1.68. The number of nitriles is 1. The Kier molecular flexibility index (Phi) is 4.34. The fraction of sp³-hybridized carbons (Fsp3) is 0.467. The molecule has 1 aromatic rings. The van der Waals surface area contributed by atoms with E-state index in [-0.39, 0.29) is 12.5 Å². The van der Waals surface area contributed by atoms with Gasteiger partial charge in [0.25, 0.3) is 5.91 Å². The van der Waals surface area contributed by atoms with Gasteiger partial charge in [0.15, 0.2) is 0 Å². The van der Waals surface area contributed by atoms with E-state index in [1.165, 1.54) is 19.1 Å². The van der Waals surface area contributed by atoms with E-state index in [2.05, 4.69) is 6.07 Å². The molecule has 6 heteroatoms. The molecule has 2 atom stereocenters. The van der Waals surface area contributed by atoms with Crippen molar-refractivity contribution in [1.82, 2.24) is 4.90 Å². The Labute approximate surface area is 123 Å². The van der Waals surface area contributed by atoms with Crippen molar-refractivity contribution in [3.8, 4) is 17.6 Å². The van der Waals surface area contributed by atoms with Crippen molar-refractivity contribution in [3.05, 3.63) is 23.3 Å². The average molecular weight is 290 g/mol. The van der Waals surface area contributed by atoms with E-state index in [9.17, 15) is 15.2 Å². The number of carbonyl (C=O) groups excluding carboxylic acids is 1. The largest absolute Gasteiger partial charge is 0.497 e. The number of carbonyl (C=O) groups is 1. The molecule has 1 heterocycles. The highest BCUT2D eigenvalue weighted by molar-refractivity contribution is 6.01. The van der Waals surface area contributed by atoms with E-state index in [4.69, 9.17) is 9.47 Å². The summed E-state index contributed by atoms with van der Waals surface area (Å²) in [4.78, 5) is 14.0. The summed E-state index contributed by atoms with van der Waals surface area (Å²) in [5.41, 5.74) is 0.933. The number of benzene rings is 1. The van der Waals surface area contributed by atoms with Crippen LogP contribution >= 0.6 is 0 Å². The second kappa shape index (κ2) is 6.02. The van der Waals surface area contributed by atoms with Gasteiger partial charge in [-0.25, -0.2) is 0 Å². The van der Waals surface area contributed by atoms with Gasteiger partial charge in [0.2, 0.25) is 0 Å². The molecule has 2 unspecified atom stereocenters. The van der Waals surface area contributed by atoms with E-state index in [1.54, 1.807) is 12.1 Å². The lowest BCUT2D eigenvalue weighted by Gasteiger charge is -2.28. The lowest BCUT2D eigenvalue weighted by molar-refractivity contribution is 0.0571. The zero-order valence-corrected chi connectivity index (χ0v) is 12.3. The molecule has 0 bridgehead atoms. The van der Waals surface area contributed by atoms with Crippen LogP contribution in [0.5, 0.6) is 11.5 Å². The molecule has 1 aliphatic heterocycles. The zero-order chi connectivity index (χ0) is 15.6. The highest BCUT2D eigenvalue weighted by Gasteiger charge is 2.42. The van der Waals surface area contributed by atoms with Crippen molar-refractivity contribution in [2.75, 3.05) is 20.8 Å². The predicted molar refractivity (Wildman–Crippen MR) is 75.2 cm³/mol. The first-order valence-corrected chi connectivity index (χ1v) is 6.71. The van der Waals surface area contributed by atoms with Crippen molar-refractivity contribution < 1.29 is 19.4 Å². The molecular formula is C15H18N2O4. The number of hydrogen-bond acceptors (Lipinski definition) is 5. The van der Waals surface area contributed by atoms with Crippen LogP contribution in [0.25, 0.3) is 0 Å². The molecule has 0 aliphatic carbocycles. The maximum atomic E-state index is 12.6. The third kappa shape index (κ3) is 2.30. The average Bonchev–Trinajstić information content (AvgIpc) is 2.80. The zero-order valence-electron chi connectivity index (χ0n) is 12.3. The number of methoxy groups -OCH3 is 2. The Morgan fingerprint density at radius 3 is 2.62 bits per heavy atom. The standard InChI is InChI=1S/C15H18N2O4/c1-4-9(8-18)17-12(7-16)14-11(15(17)19)5-10(20-2)6-13(14)21-3/h5-6,9,12,18H,4,8H2,1-3H3. The van der Waals surface area contributed by atoms with E-state index in [0.29, 0.717) is 29.0 Å². The molecule has 21 heavy (non-hydrogen) atoms. The molecule has 1 aliphatic rings. The molecule has 6 nitrogen and oxygen atoms in total. The second-order valence-electron chi connectivity index (χ2n) is 4.78. The molecule has 112 valence electrons. The molecule has 1 amide bonds. The Balaban J connectivity index is 2.61. The fourth-order valence-electron chi connectivity index (χ4n) is 2.66. The lowest BCUT2D eigenvalue weighted by Crippen LogP contribution is -2.39. The maximum Gasteiger partial charge on any atom is 0.256 e. The first-order valence-electron chi connectivity index (χ1n) is 6.71. The summed E-state index contributed by atoms with van der Waals surface area (Å²) in [6, 6.07) is 4.24. The van der Waals surface area contributed by atoms with Gasteiger partial charge in [-0.1, -0.05) is 6.92 Å². The van der Waals surface area contributed by atoms with E-state index < -0.39 is 12.1 Å². The Hall–Kier alpha value is -2.26. The molecule has 0 fully saturated rings. The van der Waals surface area contributed by atoms with Crippen LogP contribution < -0.4 is 9.47 Å². The number of amides is 1. The van der Waals surface area contributed by atoms with E-state index in [0.717, 1.165) is 0 Å². The third-order valence-corrected chi connectivity index (χ3v) is 3.79. The SMILES string of the molecule is CCC(CO)N1C(=O)c2cc(OC)cc(OC)c2C1C#N. The van der Waals surface area contributed by atoms with Crippen molar-refractivity contribution >= 4 is 5.91 Å². The van der Waals surface area contributed by atoms with Crippen molar-refractivity contribution in [3.63, 3.8) is 0 Å². The summed E-state index contributed by atoms with van der Waals surface area (Å²) in [6.07, 6.45) is 0.563.